The number of fused-ring (bicyclic) bond motifs is 2. The third-order valence-electron chi connectivity index (χ3n) is 13.9. The number of aromatic nitrogens is 3. The van der Waals surface area contributed by atoms with Gasteiger partial charge >= 0.3 is 0 Å². The Hall–Kier alpha value is -8.53. The zero-order chi connectivity index (χ0) is 51.7. The van der Waals surface area contributed by atoms with Crippen molar-refractivity contribution in [1.29, 1.82) is 0 Å². The van der Waals surface area contributed by atoms with Crippen LogP contribution in [0.5, 0.6) is 11.5 Å². The van der Waals surface area contributed by atoms with Gasteiger partial charge in [-0.1, -0.05) is 97.1 Å². The molecule has 2 fully saturated rings. The molecule has 8 aromatic rings. The number of amides is 4. The first-order valence-electron chi connectivity index (χ1n) is 24.5. The molecule has 15 nitrogen and oxygen atoms in total. The second-order valence-electron chi connectivity index (χ2n) is 19.1. The van der Waals surface area contributed by atoms with Crippen LogP contribution in [0.4, 0.5) is 0 Å². The lowest BCUT2D eigenvalue weighted by atomic mass is 9.92. The Bertz CT molecular complexity index is 3070. The lowest BCUT2D eigenvalue weighted by Gasteiger charge is -2.18. The molecule has 5 aromatic carbocycles. The van der Waals surface area contributed by atoms with Gasteiger partial charge in [-0.15, -0.1) is 0 Å². The monoisotopic (exact) mass is 991 g/mol. The number of aryl methyl sites for hydroxylation is 2. The van der Waals surface area contributed by atoms with Crippen LogP contribution in [0.3, 0.4) is 0 Å². The van der Waals surface area contributed by atoms with Gasteiger partial charge in [-0.2, -0.15) is 0 Å². The van der Waals surface area contributed by atoms with Crippen LogP contribution in [-0.2, 0) is 58.3 Å². The number of nitrogens with zero attached hydrogens (tertiary/aromatic N) is 3. The molecule has 10 rings (SSSR count). The quantitative estimate of drug-likeness (QED) is 0.0355. The highest BCUT2D eigenvalue weighted by Crippen LogP contribution is 2.56. The largest absolute Gasteiger partial charge is 0.489 e. The molecule has 3 aromatic heterocycles. The molecule has 0 saturated heterocycles. The average molecular weight is 992 g/mol. The summed E-state index contributed by atoms with van der Waals surface area (Å²) in [5.41, 5.74) is 11.2. The van der Waals surface area contributed by atoms with Crippen LogP contribution >= 0.6 is 0 Å². The Labute approximate surface area is 428 Å². The zero-order valence-electron chi connectivity index (χ0n) is 41.1. The average Bonchev–Trinajstić information content (AvgIpc) is 4.36. The number of para-hydroxylation sites is 2. The molecule has 2 saturated carbocycles. The molecule has 0 aliphatic heterocycles. The minimum Gasteiger partial charge on any atom is -0.489 e. The van der Waals surface area contributed by atoms with Crippen molar-refractivity contribution in [1.82, 2.24) is 36.5 Å². The topological polar surface area (TPSA) is 214 Å². The fourth-order valence-corrected chi connectivity index (χ4v) is 9.81. The molecule has 0 unspecified atom stereocenters. The van der Waals surface area contributed by atoms with Crippen LogP contribution < -0.4 is 31.1 Å². The number of carbonyl (C=O) groups is 4. The van der Waals surface area contributed by atoms with E-state index in [1.54, 1.807) is 29.4 Å². The van der Waals surface area contributed by atoms with Crippen molar-refractivity contribution in [2.45, 2.75) is 65.8 Å². The minimum atomic E-state index is -0.912. The highest BCUT2D eigenvalue weighted by Gasteiger charge is 2.64. The molecule has 4 amide bonds. The van der Waals surface area contributed by atoms with Gasteiger partial charge in [0.1, 0.15) is 24.7 Å². The highest BCUT2D eigenvalue weighted by atomic mass is 16.5. The summed E-state index contributed by atoms with van der Waals surface area (Å²) in [5, 5.41) is 26.3. The molecule has 74 heavy (non-hydrogen) atoms. The van der Waals surface area contributed by atoms with Gasteiger partial charge in [-0.25, -0.2) is 11.0 Å². The van der Waals surface area contributed by atoms with Gasteiger partial charge in [0.15, 0.2) is 0 Å². The van der Waals surface area contributed by atoms with Gasteiger partial charge in [-0.05, 0) is 116 Å². The van der Waals surface area contributed by atoms with E-state index in [1.807, 2.05) is 159 Å². The maximum absolute atomic E-state index is 13.2. The van der Waals surface area contributed by atoms with E-state index in [4.69, 9.17) is 19.9 Å². The number of nitrogens with one attached hydrogen (secondary N) is 4. The first kappa shape index (κ1) is 50.4. The Morgan fingerprint density at radius 2 is 0.973 bits per heavy atom. The molecule has 2 aliphatic carbocycles. The van der Waals surface area contributed by atoms with E-state index in [-0.39, 0.29) is 11.8 Å². The summed E-state index contributed by atoms with van der Waals surface area (Å²) in [6, 6.07) is 48.5. The van der Waals surface area contributed by atoms with Gasteiger partial charge in [0.25, 0.3) is 0 Å². The molecule has 0 spiro atoms. The van der Waals surface area contributed by atoms with Crippen molar-refractivity contribution in [3.63, 3.8) is 0 Å². The summed E-state index contributed by atoms with van der Waals surface area (Å²) in [6.07, 6.45) is 4.87. The third-order valence-corrected chi connectivity index (χ3v) is 13.9. The summed E-state index contributed by atoms with van der Waals surface area (Å²) in [7, 11) is 0. The fraction of sp³-hybridized carbons (Fsp3) is 0.237. The predicted molar refractivity (Wildman–Crippen MR) is 277 cm³/mol. The molecule has 2 aliphatic rings. The van der Waals surface area contributed by atoms with Gasteiger partial charge in [-0.3, -0.25) is 44.5 Å². The lowest BCUT2D eigenvalue weighted by Crippen LogP contribution is -2.37. The van der Waals surface area contributed by atoms with Gasteiger partial charge < -0.3 is 20.1 Å². The number of pyridine rings is 3. The summed E-state index contributed by atoms with van der Waals surface area (Å²) in [6.45, 7) is 5.45. The van der Waals surface area contributed by atoms with Crippen LogP contribution in [0.1, 0.15) is 57.6 Å². The number of hydrogen-bond acceptors (Lipinski definition) is 11. The molecule has 376 valence electrons. The number of rotatable bonds is 18. The standard InChI is InChI=1S/C30H29N3O4.C29H28N4O4/c1-20-15-23(25-9-5-6-10-27(25)32-20)19-37-24-13-11-21(12-14-24)16-30(17-26(30)28(34)33-36)29(35)31-18-22-7-3-2-4-8-22;1-19-13-22(24-6-2-3-7-26(24)32-19)18-37-23-10-8-20(9-11-23)14-29(15-25(29)27(34)33-36)28(35)31-17-21-5-4-12-30-16-21/h2-15,26,36H,16-19H2,1H3,(H,31,35)(H,33,34);2-13,16,25,36H,14-15,17-18H2,1H3,(H,31,35)(H,33,34)/t26-,30+;25-,29+/m11/s1. The number of ether oxygens (including phenoxy) is 2. The molecule has 0 radical (unpaired) electrons. The lowest BCUT2D eigenvalue weighted by molar-refractivity contribution is -0.135. The Balaban J connectivity index is 0.000000182. The maximum Gasteiger partial charge on any atom is 0.247 e. The van der Waals surface area contributed by atoms with Crippen LogP contribution in [0, 0.1) is 36.5 Å². The van der Waals surface area contributed by atoms with Gasteiger partial charge in [0, 0.05) is 58.8 Å². The molecular formula is C59H57N7O8. The van der Waals surface area contributed by atoms with Crippen molar-refractivity contribution in [2.24, 2.45) is 22.7 Å². The first-order chi connectivity index (χ1) is 36.0. The normalized spacial score (nSPS) is 18.3. The van der Waals surface area contributed by atoms with Gasteiger partial charge in [0.05, 0.1) is 33.7 Å². The van der Waals surface area contributed by atoms with Crippen LogP contribution in [0.15, 0.2) is 164 Å². The summed E-state index contributed by atoms with van der Waals surface area (Å²) in [4.78, 5) is 63.9. The number of carbonyl (C=O) groups excluding carboxylic acids is 4. The van der Waals surface area contributed by atoms with Crippen LogP contribution in [0.2, 0.25) is 0 Å². The van der Waals surface area contributed by atoms with Crippen molar-refractivity contribution in [2.75, 3.05) is 0 Å². The second kappa shape index (κ2) is 22.5. The Kier molecular flexibility index (Phi) is 15.3. The summed E-state index contributed by atoms with van der Waals surface area (Å²) >= 11 is 0. The second-order valence-corrected chi connectivity index (χ2v) is 19.1. The van der Waals surface area contributed by atoms with E-state index in [1.165, 1.54) is 0 Å². The molecular weight excluding hydrogens is 935 g/mol. The van der Waals surface area contributed by atoms with Gasteiger partial charge in [0.2, 0.25) is 23.6 Å². The molecule has 0 bridgehead atoms. The summed E-state index contributed by atoms with van der Waals surface area (Å²) in [5.74, 6) is -1.23. The van der Waals surface area contributed by atoms with Crippen LogP contribution in [0.25, 0.3) is 21.8 Å². The van der Waals surface area contributed by atoms with E-state index >= 15 is 0 Å². The smallest absolute Gasteiger partial charge is 0.247 e. The number of hydrogen-bond donors (Lipinski definition) is 6. The Morgan fingerprint density at radius 1 is 0.541 bits per heavy atom. The third kappa shape index (κ3) is 11.7. The van der Waals surface area contributed by atoms with E-state index in [2.05, 4.69) is 25.6 Å². The number of benzene rings is 5. The van der Waals surface area contributed by atoms with E-state index < -0.39 is 34.5 Å². The van der Waals surface area contributed by atoms with Crippen molar-refractivity contribution < 1.29 is 39.1 Å². The fourth-order valence-electron chi connectivity index (χ4n) is 9.81. The highest BCUT2D eigenvalue weighted by molar-refractivity contribution is 5.96. The van der Waals surface area contributed by atoms with Crippen molar-refractivity contribution in [3.05, 3.63) is 209 Å². The molecule has 6 N–H and O–H groups in total. The van der Waals surface area contributed by atoms with E-state index in [0.29, 0.717) is 63.5 Å². The predicted octanol–water partition coefficient (Wildman–Crippen LogP) is 8.38. The SMILES string of the molecule is Cc1cc(COc2ccc(C[C@]3(C(=O)NCc4ccccc4)C[C@@H]3C(=O)NO)cc2)c2ccccc2n1.Cc1cc(COc2ccc(C[C@]3(C(=O)NCc4cccnc4)C[C@@H]3C(=O)NO)cc2)c2ccccc2n1. The zero-order valence-corrected chi connectivity index (χ0v) is 41.1. The molecule has 4 atom stereocenters. The van der Waals surface area contributed by atoms with Crippen LogP contribution in [-0.4, -0.2) is 49.0 Å². The minimum absolute atomic E-state index is 0.190. The van der Waals surface area contributed by atoms with Crippen molar-refractivity contribution >= 4 is 45.4 Å². The van der Waals surface area contributed by atoms with E-state index in [0.717, 1.165) is 66.6 Å². The maximum atomic E-state index is 13.2. The first-order valence-corrected chi connectivity index (χ1v) is 24.5. The molecule has 3 heterocycles. The number of hydroxylamine groups is 2. The van der Waals surface area contributed by atoms with E-state index in [9.17, 15) is 19.2 Å². The molecule has 15 heteroatoms. The Morgan fingerprint density at radius 3 is 1.42 bits per heavy atom. The summed E-state index contributed by atoms with van der Waals surface area (Å²) < 4.78 is 12.1. The van der Waals surface area contributed by atoms with Crippen molar-refractivity contribution in [3.8, 4) is 11.5 Å².